The van der Waals surface area contributed by atoms with Crippen LogP contribution in [-0.4, -0.2) is 45.6 Å². The molecule has 1 aromatic carbocycles. The number of hydrogen-bond acceptors (Lipinski definition) is 6. The van der Waals surface area contributed by atoms with Gasteiger partial charge < -0.3 is 29.6 Å². The third kappa shape index (κ3) is 4.40. The minimum absolute atomic E-state index is 0.170. The van der Waals surface area contributed by atoms with E-state index in [9.17, 15) is 4.79 Å². The van der Waals surface area contributed by atoms with E-state index in [-0.39, 0.29) is 6.61 Å². The fourth-order valence-electron chi connectivity index (χ4n) is 2.55. The van der Waals surface area contributed by atoms with Crippen molar-refractivity contribution in [3.63, 3.8) is 0 Å². The summed E-state index contributed by atoms with van der Waals surface area (Å²) in [6.07, 6.45) is 0. The summed E-state index contributed by atoms with van der Waals surface area (Å²) in [5.74, 6) is 0.790. The van der Waals surface area contributed by atoms with E-state index in [0.717, 1.165) is 5.56 Å². The quantitative estimate of drug-likeness (QED) is 0.429. The van der Waals surface area contributed by atoms with Gasteiger partial charge in [0.15, 0.2) is 5.11 Å². The molecule has 0 saturated heterocycles. The molecule has 0 spiro atoms. The largest absolute Gasteiger partial charge is 0.497 e. The molecule has 1 aliphatic rings. The van der Waals surface area contributed by atoms with Gasteiger partial charge in [0, 0.05) is 24.4 Å². The van der Waals surface area contributed by atoms with Crippen molar-refractivity contribution in [1.29, 1.82) is 0 Å². The Balaban J connectivity index is 2.40. The van der Waals surface area contributed by atoms with Gasteiger partial charge in [0.2, 0.25) is 0 Å². The first-order valence-electron chi connectivity index (χ1n) is 7.68. The average molecular weight is 366 g/mol. The van der Waals surface area contributed by atoms with Crippen molar-refractivity contribution >= 4 is 23.3 Å². The predicted molar refractivity (Wildman–Crippen MR) is 96.7 cm³/mol. The summed E-state index contributed by atoms with van der Waals surface area (Å²) >= 11 is 5.24. The molecule has 0 bridgehead atoms. The second-order valence-corrected chi connectivity index (χ2v) is 5.71. The fourth-order valence-corrected chi connectivity index (χ4v) is 2.82. The molecule has 0 fully saturated rings. The third-order valence-electron chi connectivity index (χ3n) is 3.76. The van der Waals surface area contributed by atoms with E-state index in [1.165, 1.54) is 0 Å². The van der Waals surface area contributed by atoms with Crippen molar-refractivity contribution in [1.82, 2.24) is 10.6 Å². The molecule has 2 N–H and O–H groups in total. The van der Waals surface area contributed by atoms with Crippen molar-refractivity contribution in [2.45, 2.75) is 13.0 Å². The maximum atomic E-state index is 12.6. The summed E-state index contributed by atoms with van der Waals surface area (Å²) in [6, 6.07) is 4.89. The normalized spacial score (nSPS) is 16.8. The molecule has 1 aromatic rings. The van der Waals surface area contributed by atoms with Crippen LogP contribution in [0.15, 0.2) is 29.5 Å². The zero-order chi connectivity index (χ0) is 18.4. The Labute approximate surface area is 152 Å². The maximum Gasteiger partial charge on any atom is 0.338 e. The molecule has 0 amide bonds. The van der Waals surface area contributed by atoms with Crippen LogP contribution in [0.25, 0.3) is 0 Å². The van der Waals surface area contributed by atoms with Crippen LogP contribution in [0.5, 0.6) is 11.5 Å². The summed E-state index contributed by atoms with van der Waals surface area (Å²) in [7, 11) is 4.69. The lowest BCUT2D eigenvalue weighted by atomic mass is 9.94. The van der Waals surface area contributed by atoms with Crippen LogP contribution in [0, 0.1) is 0 Å². The van der Waals surface area contributed by atoms with E-state index < -0.39 is 12.0 Å². The Morgan fingerprint density at radius 3 is 2.60 bits per heavy atom. The van der Waals surface area contributed by atoms with E-state index in [0.29, 0.717) is 34.5 Å². The molecule has 7 nitrogen and oxygen atoms in total. The molecular formula is C17H22N2O5S. The van der Waals surface area contributed by atoms with E-state index in [1.807, 2.05) is 6.07 Å². The Hall–Kier alpha value is -2.32. The van der Waals surface area contributed by atoms with Crippen LogP contribution in [0.2, 0.25) is 0 Å². The molecule has 1 heterocycles. The molecule has 0 unspecified atom stereocenters. The second-order valence-electron chi connectivity index (χ2n) is 5.31. The lowest BCUT2D eigenvalue weighted by molar-refractivity contribution is -0.140. The van der Waals surface area contributed by atoms with Gasteiger partial charge >= 0.3 is 5.97 Å². The predicted octanol–water partition coefficient (Wildman–Crippen LogP) is 1.69. The lowest BCUT2D eigenvalue weighted by Gasteiger charge is -2.30. The average Bonchev–Trinajstić information content (AvgIpc) is 2.60. The highest BCUT2D eigenvalue weighted by Crippen LogP contribution is 2.35. The van der Waals surface area contributed by atoms with Crippen LogP contribution in [-0.2, 0) is 14.3 Å². The number of methoxy groups -OCH3 is 3. The van der Waals surface area contributed by atoms with Gasteiger partial charge in [-0.15, -0.1) is 0 Å². The van der Waals surface area contributed by atoms with Gasteiger partial charge in [0.1, 0.15) is 18.1 Å². The highest BCUT2D eigenvalue weighted by molar-refractivity contribution is 7.80. The van der Waals surface area contributed by atoms with Crippen LogP contribution >= 0.6 is 12.2 Å². The first-order valence-corrected chi connectivity index (χ1v) is 8.09. The highest BCUT2D eigenvalue weighted by atomic mass is 32.1. The molecule has 0 aromatic heterocycles. The minimum atomic E-state index is -0.496. The number of nitrogens with one attached hydrogen (secondary N) is 2. The van der Waals surface area contributed by atoms with Crippen molar-refractivity contribution in [3.8, 4) is 11.5 Å². The van der Waals surface area contributed by atoms with Crippen LogP contribution < -0.4 is 20.1 Å². The van der Waals surface area contributed by atoms with Gasteiger partial charge in [0.05, 0.1) is 32.4 Å². The van der Waals surface area contributed by atoms with Gasteiger partial charge in [-0.25, -0.2) is 4.79 Å². The third-order valence-corrected chi connectivity index (χ3v) is 3.98. The first kappa shape index (κ1) is 19.0. The molecule has 2 rings (SSSR count). The molecule has 0 radical (unpaired) electrons. The molecule has 136 valence electrons. The number of thiocarbonyl (C=S) groups is 1. The highest BCUT2D eigenvalue weighted by Gasteiger charge is 2.32. The lowest BCUT2D eigenvalue weighted by Crippen LogP contribution is -2.45. The van der Waals surface area contributed by atoms with Crippen LogP contribution in [0.3, 0.4) is 0 Å². The van der Waals surface area contributed by atoms with Crippen molar-refractivity contribution in [2.75, 3.05) is 34.5 Å². The Kier molecular flexibility index (Phi) is 6.60. The number of carbonyl (C=O) groups excluding carboxylic acids is 1. The Bertz CT molecular complexity index is 690. The topological polar surface area (TPSA) is 78.1 Å². The summed E-state index contributed by atoms with van der Waals surface area (Å²) < 4.78 is 20.9. The van der Waals surface area contributed by atoms with E-state index in [2.05, 4.69) is 10.6 Å². The SMILES string of the molecule is COCCOC(=O)C1=C(C)NC(=S)N[C@H]1c1ccc(OC)cc1OC. The number of hydrogen-bond donors (Lipinski definition) is 2. The van der Waals surface area contributed by atoms with Gasteiger partial charge in [-0.2, -0.15) is 0 Å². The van der Waals surface area contributed by atoms with E-state index in [4.69, 9.17) is 31.2 Å². The van der Waals surface area contributed by atoms with Gasteiger partial charge in [-0.1, -0.05) is 0 Å². The van der Waals surface area contributed by atoms with Crippen LogP contribution in [0.1, 0.15) is 18.5 Å². The van der Waals surface area contributed by atoms with Crippen molar-refractivity contribution < 1.29 is 23.7 Å². The number of rotatable bonds is 7. The Morgan fingerprint density at radius 2 is 1.96 bits per heavy atom. The van der Waals surface area contributed by atoms with Crippen LogP contribution in [0.4, 0.5) is 0 Å². The number of allylic oxidation sites excluding steroid dienone is 1. The first-order chi connectivity index (χ1) is 12.0. The van der Waals surface area contributed by atoms with Crippen molar-refractivity contribution in [3.05, 3.63) is 35.0 Å². The van der Waals surface area contributed by atoms with E-state index >= 15 is 0 Å². The number of esters is 1. The summed E-state index contributed by atoms with van der Waals surface area (Å²) in [6.45, 7) is 2.28. The number of carbonyl (C=O) groups is 1. The fraction of sp³-hybridized carbons (Fsp3) is 0.412. The number of ether oxygens (including phenoxy) is 4. The molecule has 8 heteroatoms. The monoisotopic (exact) mass is 366 g/mol. The van der Waals surface area contributed by atoms with E-state index in [1.54, 1.807) is 40.4 Å². The smallest absolute Gasteiger partial charge is 0.338 e. The molecular weight excluding hydrogens is 344 g/mol. The summed E-state index contributed by atoms with van der Waals surface area (Å²) in [4.78, 5) is 12.6. The zero-order valence-corrected chi connectivity index (χ0v) is 15.5. The number of benzene rings is 1. The standard InChI is InChI=1S/C17H22N2O5S/c1-10-14(16(20)24-8-7-21-2)15(19-17(25)18-10)12-6-5-11(22-3)9-13(12)23-4/h5-6,9,15H,7-8H2,1-4H3,(H2,18,19,25)/t15-/m0/s1. The molecule has 1 aliphatic heterocycles. The van der Waals surface area contributed by atoms with Gasteiger partial charge in [0.25, 0.3) is 0 Å². The van der Waals surface area contributed by atoms with Gasteiger partial charge in [-0.3, -0.25) is 0 Å². The Morgan fingerprint density at radius 1 is 1.20 bits per heavy atom. The second kappa shape index (κ2) is 8.68. The molecule has 1 atom stereocenters. The zero-order valence-electron chi connectivity index (χ0n) is 14.7. The molecule has 25 heavy (non-hydrogen) atoms. The molecule has 0 saturated carbocycles. The maximum absolute atomic E-state index is 12.6. The molecule has 0 aliphatic carbocycles. The van der Waals surface area contributed by atoms with Gasteiger partial charge in [-0.05, 0) is 31.3 Å². The minimum Gasteiger partial charge on any atom is -0.497 e. The summed E-state index contributed by atoms with van der Waals surface area (Å²) in [5, 5.41) is 6.49. The summed E-state index contributed by atoms with van der Waals surface area (Å²) in [5.41, 5.74) is 1.83. The van der Waals surface area contributed by atoms with Crippen molar-refractivity contribution in [2.24, 2.45) is 0 Å².